The lowest BCUT2D eigenvalue weighted by Crippen LogP contribution is -2.22. The quantitative estimate of drug-likeness (QED) is 0.703. The molecule has 0 saturated heterocycles. The lowest BCUT2D eigenvalue weighted by molar-refractivity contribution is 0.112. The second-order valence-electron chi connectivity index (χ2n) is 2.57. The SMILES string of the molecule is CN(CC(F)F)c1ccc(C=O)s1. The number of aldehydes is 1. The van der Waals surface area contributed by atoms with Crippen LogP contribution in [0.5, 0.6) is 0 Å². The van der Waals surface area contributed by atoms with Gasteiger partial charge in [-0.25, -0.2) is 8.78 Å². The van der Waals surface area contributed by atoms with Gasteiger partial charge in [0.05, 0.1) is 16.4 Å². The summed E-state index contributed by atoms with van der Waals surface area (Å²) in [4.78, 5) is 12.3. The monoisotopic (exact) mass is 205 g/mol. The predicted octanol–water partition coefficient (Wildman–Crippen LogP) is 2.26. The lowest BCUT2D eigenvalue weighted by atomic mass is 10.5. The van der Waals surface area contributed by atoms with Gasteiger partial charge in [0.15, 0.2) is 6.29 Å². The fraction of sp³-hybridized carbons (Fsp3) is 0.375. The Labute approximate surface area is 78.8 Å². The van der Waals surface area contributed by atoms with Crippen LogP contribution in [0.2, 0.25) is 0 Å². The number of carbonyl (C=O) groups excluding carboxylic acids is 1. The van der Waals surface area contributed by atoms with Gasteiger partial charge in [0.2, 0.25) is 0 Å². The smallest absolute Gasteiger partial charge is 0.255 e. The third kappa shape index (κ3) is 2.77. The summed E-state index contributed by atoms with van der Waals surface area (Å²) in [6.45, 7) is -0.307. The molecule has 1 aromatic heterocycles. The molecular weight excluding hydrogens is 196 g/mol. The van der Waals surface area contributed by atoms with Crippen molar-refractivity contribution in [3.8, 4) is 0 Å². The Morgan fingerprint density at radius 1 is 1.62 bits per heavy atom. The summed E-state index contributed by atoms with van der Waals surface area (Å²) < 4.78 is 23.9. The van der Waals surface area contributed by atoms with Crippen LogP contribution >= 0.6 is 11.3 Å². The van der Waals surface area contributed by atoms with Crippen LogP contribution in [0.3, 0.4) is 0 Å². The zero-order chi connectivity index (χ0) is 9.84. The van der Waals surface area contributed by atoms with Crippen molar-refractivity contribution in [2.45, 2.75) is 6.43 Å². The number of carbonyl (C=O) groups is 1. The molecule has 0 fully saturated rings. The van der Waals surface area contributed by atoms with Crippen LogP contribution in [0.1, 0.15) is 9.67 Å². The Kier molecular flexibility index (Phi) is 3.36. The molecule has 13 heavy (non-hydrogen) atoms. The molecule has 0 bridgehead atoms. The fourth-order valence-corrected chi connectivity index (χ4v) is 1.70. The van der Waals surface area contributed by atoms with Crippen molar-refractivity contribution in [3.05, 3.63) is 17.0 Å². The summed E-state index contributed by atoms with van der Waals surface area (Å²) in [5.74, 6) is 0. The van der Waals surface area contributed by atoms with Crippen molar-refractivity contribution in [1.29, 1.82) is 0 Å². The summed E-state index contributed by atoms with van der Waals surface area (Å²) in [6.07, 6.45) is -1.64. The fourth-order valence-electron chi connectivity index (χ4n) is 0.908. The number of anilines is 1. The predicted molar refractivity (Wildman–Crippen MR) is 49.0 cm³/mol. The molecule has 1 heterocycles. The highest BCUT2D eigenvalue weighted by molar-refractivity contribution is 7.17. The number of rotatable bonds is 4. The third-order valence-corrected chi connectivity index (χ3v) is 2.64. The lowest BCUT2D eigenvalue weighted by Gasteiger charge is -2.15. The number of halogens is 2. The molecule has 0 unspecified atom stereocenters. The number of alkyl halides is 2. The normalized spacial score (nSPS) is 10.5. The van der Waals surface area contributed by atoms with E-state index in [0.717, 1.165) is 0 Å². The van der Waals surface area contributed by atoms with E-state index in [2.05, 4.69) is 0 Å². The van der Waals surface area contributed by atoms with Crippen molar-refractivity contribution >= 4 is 22.6 Å². The molecule has 0 N–H and O–H groups in total. The van der Waals surface area contributed by atoms with Gasteiger partial charge in [0.1, 0.15) is 0 Å². The first-order chi connectivity index (χ1) is 6.13. The molecule has 1 rings (SSSR count). The molecule has 0 aliphatic rings. The maximum Gasteiger partial charge on any atom is 0.255 e. The van der Waals surface area contributed by atoms with Gasteiger partial charge < -0.3 is 4.90 Å². The molecule has 0 aromatic carbocycles. The minimum absolute atomic E-state index is 0.307. The van der Waals surface area contributed by atoms with Gasteiger partial charge in [-0.1, -0.05) is 0 Å². The number of hydrogen-bond donors (Lipinski definition) is 0. The maximum atomic E-state index is 12.0. The largest absolute Gasteiger partial charge is 0.361 e. The van der Waals surface area contributed by atoms with Gasteiger partial charge in [0, 0.05) is 7.05 Å². The van der Waals surface area contributed by atoms with E-state index in [9.17, 15) is 13.6 Å². The summed E-state index contributed by atoms with van der Waals surface area (Å²) in [7, 11) is 1.58. The second kappa shape index (κ2) is 4.32. The molecule has 0 aliphatic carbocycles. The van der Waals surface area contributed by atoms with Crippen molar-refractivity contribution in [1.82, 2.24) is 0 Å². The van der Waals surface area contributed by atoms with Crippen LogP contribution in [-0.4, -0.2) is 26.3 Å². The molecular formula is C8H9F2NOS. The van der Waals surface area contributed by atoms with Crippen molar-refractivity contribution in [2.75, 3.05) is 18.5 Å². The van der Waals surface area contributed by atoms with Crippen LogP contribution < -0.4 is 4.90 Å². The van der Waals surface area contributed by atoms with E-state index in [-0.39, 0.29) is 6.54 Å². The topological polar surface area (TPSA) is 20.3 Å². The summed E-state index contributed by atoms with van der Waals surface area (Å²) in [5.41, 5.74) is 0. The first-order valence-corrected chi connectivity index (χ1v) is 4.49. The Bertz CT molecular complexity index is 287. The number of thiophene rings is 1. The Morgan fingerprint density at radius 2 is 2.31 bits per heavy atom. The first kappa shape index (κ1) is 10.1. The van der Waals surface area contributed by atoms with Gasteiger partial charge in [-0.2, -0.15) is 0 Å². The maximum absolute atomic E-state index is 12.0. The zero-order valence-electron chi connectivity index (χ0n) is 7.04. The molecule has 5 heteroatoms. The molecule has 1 aromatic rings. The molecule has 0 saturated carbocycles. The zero-order valence-corrected chi connectivity index (χ0v) is 7.85. The number of nitrogens with zero attached hydrogens (tertiary/aromatic N) is 1. The van der Waals surface area contributed by atoms with E-state index < -0.39 is 6.43 Å². The highest BCUT2D eigenvalue weighted by atomic mass is 32.1. The summed E-state index contributed by atoms with van der Waals surface area (Å²) in [5, 5.41) is 0.683. The van der Waals surface area contributed by atoms with E-state index in [1.807, 2.05) is 0 Å². The average Bonchev–Trinajstić information content (AvgIpc) is 2.50. The van der Waals surface area contributed by atoms with Crippen LogP contribution in [0, 0.1) is 0 Å². The van der Waals surface area contributed by atoms with E-state index in [0.29, 0.717) is 16.2 Å². The van der Waals surface area contributed by atoms with E-state index >= 15 is 0 Å². The molecule has 72 valence electrons. The Balaban J connectivity index is 2.65. The van der Waals surface area contributed by atoms with E-state index in [1.165, 1.54) is 16.2 Å². The van der Waals surface area contributed by atoms with Gasteiger partial charge in [-0.15, -0.1) is 11.3 Å². The highest BCUT2D eigenvalue weighted by Crippen LogP contribution is 2.24. The van der Waals surface area contributed by atoms with Crippen LogP contribution in [-0.2, 0) is 0 Å². The molecule has 2 nitrogen and oxygen atoms in total. The molecule has 0 aliphatic heterocycles. The van der Waals surface area contributed by atoms with Gasteiger partial charge in [-0.05, 0) is 12.1 Å². The average molecular weight is 205 g/mol. The summed E-state index contributed by atoms with van der Waals surface area (Å²) >= 11 is 1.21. The van der Waals surface area contributed by atoms with Crippen molar-refractivity contribution < 1.29 is 13.6 Å². The number of hydrogen-bond acceptors (Lipinski definition) is 3. The van der Waals surface area contributed by atoms with Gasteiger partial charge in [0.25, 0.3) is 6.43 Å². The molecule has 0 amide bonds. The van der Waals surface area contributed by atoms with Crippen molar-refractivity contribution in [3.63, 3.8) is 0 Å². The third-order valence-electron chi connectivity index (χ3n) is 1.52. The van der Waals surface area contributed by atoms with Gasteiger partial charge >= 0.3 is 0 Å². The minimum atomic E-state index is -2.35. The van der Waals surface area contributed by atoms with Crippen LogP contribution in [0.4, 0.5) is 13.8 Å². The standard InChI is InChI=1S/C8H9F2NOS/c1-11(4-7(9)10)8-3-2-6(5-12)13-8/h2-3,5,7H,4H2,1H3. The van der Waals surface area contributed by atoms with E-state index in [1.54, 1.807) is 19.2 Å². The highest BCUT2D eigenvalue weighted by Gasteiger charge is 2.10. The summed E-state index contributed by atoms with van der Waals surface area (Å²) in [6, 6.07) is 3.28. The van der Waals surface area contributed by atoms with Gasteiger partial charge in [-0.3, -0.25) is 4.79 Å². The molecule has 0 radical (unpaired) electrons. The first-order valence-electron chi connectivity index (χ1n) is 3.68. The minimum Gasteiger partial charge on any atom is -0.361 e. The van der Waals surface area contributed by atoms with Crippen LogP contribution in [0.15, 0.2) is 12.1 Å². The van der Waals surface area contributed by atoms with Crippen LogP contribution in [0.25, 0.3) is 0 Å². The second-order valence-corrected chi connectivity index (χ2v) is 3.66. The Morgan fingerprint density at radius 3 is 2.77 bits per heavy atom. The molecule has 0 spiro atoms. The molecule has 0 atom stereocenters. The van der Waals surface area contributed by atoms with E-state index in [4.69, 9.17) is 0 Å². The van der Waals surface area contributed by atoms with Crippen molar-refractivity contribution in [2.24, 2.45) is 0 Å². The Hall–Kier alpha value is -0.970.